The van der Waals surface area contributed by atoms with E-state index in [-0.39, 0.29) is 12.2 Å². The molecule has 1 aromatic carbocycles. The summed E-state index contributed by atoms with van der Waals surface area (Å²) in [7, 11) is 0. The second-order valence-corrected chi connectivity index (χ2v) is 5.18. The molecule has 4 heteroatoms. The lowest BCUT2D eigenvalue weighted by atomic mass is 9.93. The van der Waals surface area contributed by atoms with Crippen molar-refractivity contribution in [1.82, 2.24) is 0 Å². The van der Waals surface area contributed by atoms with Crippen molar-refractivity contribution < 1.29 is 9.84 Å². The zero-order valence-electron chi connectivity index (χ0n) is 11.9. The van der Waals surface area contributed by atoms with Crippen molar-refractivity contribution in [3.8, 4) is 5.75 Å². The van der Waals surface area contributed by atoms with E-state index in [1.54, 1.807) is 0 Å². The third-order valence-corrected chi connectivity index (χ3v) is 4.03. The van der Waals surface area contributed by atoms with Gasteiger partial charge in [0.05, 0.1) is 12.2 Å². The molecule has 1 aliphatic rings. The van der Waals surface area contributed by atoms with Gasteiger partial charge in [0.25, 0.3) is 0 Å². The maximum Gasteiger partial charge on any atom is 0.145 e. The first-order chi connectivity index (χ1) is 9.15. The summed E-state index contributed by atoms with van der Waals surface area (Å²) in [6.07, 6.45) is 2.68. The van der Waals surface area contributed by atoms with Gasteiger partial charge in [0.2, 0.25) is 0 Å². The van der Waals surface area contributed by atoms with Crippen LogP contribution in [0.2, 0.25) is 0 Å². The van der Waals surface area contributed by atoms with Crippen molar-refractivity contribution in [2.45, 2.75) is 38.7 Å². The van der Waals surface area contributed by atoms with Crippen molar-refractivity contribution in [2.24, 2.45) is 0 Å². The smallest absolute Gasteiger partial charge is 0.145 e. The number of benzene rings is 1. The molecule has 2 rings (SSSR count). The zero-order chi connectivity index (χ0) is 13.9. The predicted octanol–water partition coefficient (Wildman–Crippen LogP) is 2.41. The SMILES string of the molecule is CCC1(CC)CN(CCCO)c2c(N)cccc2O1. The Morgan fingerprint density at radius 3 is 2.74 bits per heavy atom. The van der Waals surface area contributed by atoms with Gasteiger partial charge < -0.3 is 20.5 Å². The standard InChI is InChI=1S/C15H24N2O2/c1-3-15(4-2)11-17(9-6-10-18)14-12(16)7-5-8-13(14)19-15/h5,7-8,18H,3-4,6,9-11,16H2,1-2H3. The van der Waals surface area contributed by atoms with Gasteiger partial charge in [0.15, 0.2) is 0 Å². The summed E-state index contributed by atoms with van der Waals surface area (Å²) in [5.41, 5.74) is 7.67. The molecular weight excluding hydrogens is 240 g/mol. The first-order valence-corrected chi connectivity index (χ1v) is 7.09. The van der Waals surface area contributed by atoms with Crippen LogP contribution in [0.1, 0.15) is 33.1 Å². The molecule has 19 heavy (non-hydrogen) atoms. The van der Waals surface area contributed by atoms with E-state index in [1.165, 1.54) is 0 Å². The number of aliphatic hydroxyl groups is 1. The highest BCUT2D eigenvalue weighted by Crippen LogP contribution is 2.42. The van der Waals surface area contributed by atoms with Crippen LogP contribution in [-0.4, -0.2) is 30.4 Å². The number of anilines is 2. The monoisotopic (exact) mass is 264 g/mol. The molecule has 0 aliphatic carbocycles. The van der Waals surface area contributed by atoms with E-state index < -0.39 is 0 Å². The highest BCUT2D eigenvalue weighted by molar-refractivity contribution is 5.76. The highest BCUT2D eigenvalue weighted by Gasteiger charge is 2.37. The molecule has 0 spiro atoms. The van der Waals surface area contributed by atoms with Gasteiger partial charge in [-0.15, -0.1) is 0 Å². The van der Waals surface area contributed by atoms with Crippen molar-refractivity contribution in [1.29, 1.82) is 0 Å². The van der Waals surface area contributed by atoms with Crippen LogP contribution >= 0.6 is 0 Å². The third-order valence-electron chi connectivity index (χ3n) is 4.03. The number of hydrogen-bond donors (Lipinski definition) is 2. The fourth-order valence-electron chi connectivity index (χ4n) is 2.72. The number of hydrogen-bond acceptors (Lipinski definition) is 4. The molecule has 0 unspecified atom stereocenters. The van der Waals surface area contributed by atoms with Gasteiger partial charge >= 0.3 is 0 Å². The van der Waals surface area contributed by atoms with E-state index >= 15 is 0 Å². The van der Waals surface area contributed by atoms with Crippen molar-refractivity contribution >= 4 is 11.4 Å². The second-order valence-electron chi connectivity index (χ2n) is 5.18. The normalized spacial score (nSPS) is 16.9. The summed E-state index contributed by atoms with van der Waals surface area (Å²) in [5, 5.41) is 9.07. The molecule has 0 bridgehead atoms. The van der Waals surface area contributed by atoms with Crippen LogP contribution < -0.4 is 15.4 Å². The summed E-state index contributed by atoms with van der Waals surface area (Å²) in [5.74, 6) is 0.868. The van der Waals surface area contributed by atoms with Crippen molar-refractivity contribution in [3.63, 3.8) is 0 Å². The number of aliphatic hydroxyl groups excluding tert-OH is 1. The molecule has 4 nitrogen and oxygen atoms in total. The Hall–Kier alpha value is -1.42. The van der Waals surface area contributed by atoms with Gasteiger partial charge in [-0.25, -0.2) is 0 Å². The van der Waals surface area contributed by atoms with Crippen molar-refractivity contribution in [2.75, 3.05) is 30.3 Å². The van der Waals surface area contributed by atoms with E-state index in [4.69, 9.17) is 15.6 Å². The van der Waals surface area contributed by atoms with Crippen LogP contribution in [0.25, 0.3) is 0 Å². The molecule has 1 aliphatic heterocycles. The van der Waals surface area contributed by atoms with Crippen LogP contribution in [0.15, 0.2) is 18.2 Å². The molecule has 1 aromatic rings. The van der Waals surface area contributed by atoms with E-state index in [2.05, 4.69) is 18.7 Å². The highest BCUT2D eigenvalue weighted by atomic mass is 16.5. The zero-order valence-corrected chi connectivity index (χ0v) is 11.9. The average molecular weight is 264 g/mol. The quantitative estimate of drug-likeness (QED) is 0.802. The molecule has 0 atom stereocenters. The van der Waals surface area contributed by atoms with Crippen molar-refractivity contribution in [3.05, 3.63) is 18.2 Å². The van der Waals surface area contributed by atoms with E-state index in [0.29, 0.717) is 0 Å². The fraction of sp³-hybridized carbons (Fsp3) is 0.600. The number of nitrogen functional groups attached to an aromatic ring is 1. The van der Waals surface area contributed by atoms with Gasteiger partial charge in [0.1, 0.15) is 17.0 Å². The number of para-hydroxylation sites is 1. The summed E-state index contributed by atoms with van der Waals surface area (Å²) in [4.78, 5) is 2.26. The van der Waals surface area contributed by atoms with Gasteiger partial charge in [0, 0.05) is 13.2 Å². The minimum Gasteiger partial charge on any atom is -0.483 e. The van der Waals surface area contributed by atoms with E-state index in [1.807, 2.05) is 18.2 Å². The lowest BCUT2D eigenvalue weighted by Crippen LogP contribution is -2.51. The minimum absolute atomic E-state index is 0.143. The summed E-state index contributed by atoms with van der Waals surface area (Å²) in [6.45, 7) is 6.16. The van der Waals surface area contributed by atoms with Gasteiger partial charge in [-0.3, -0.25) is 0 Å². The topological polar surface area (TPSA) is 58.7 Å². The van der Waals surface area contributed by atoms with Gasteiger partial charge in [-0.2, -0.15) is 0 Å². The van der Waals surface area contributed by atoms with Crippen LogP contribution in [-0.2, 0) is 0 Å². The number of fused-ring (bicyclic) bond motifs is 1. The molecule has 1 heterocycles. The predicted molar refractivity (Wildman–Crippen MR) is 78.7 cm³/mol. The molecule has 0 aromatic heterocycles. The average Bonchev–Trinajstić information content (AvgIpc) is 2.44. The van der Waals surface area contributed by atoms with Crippen LogP contribution in [0.4, 0.5) is 11.4 Å². The third kappa shape index (κ3) is 2.63. The Bertz CT molecular complexity index is 430. The Kier molecular flexibility index (Phi) is 4.20. The molecule has 0 fully saturated rings. The van der Waals surface area contributed by atoms with Crippen LogP contribution in [0.3, 0.4) is 0 Å². The Balaban J connectivity index is 2.37. The van der Waals surface area contributed by atoms with Gasteiger partial charge in [-0.05, 0) is 31.4 Å². The number of rotatable bonds is 5. The second kappa shape index (κ2) is 5.70. The van der Waals surface area contributed by atoms with Crippen LogP contribution in [0, 0.1) is 0 Å². The number of nitrogens with two attached hydrogens (primary N) is 1. The number of ether oxygens (including phenoxy) is 1. The van der Waals surface area contributed by atoms with E-state index in [9.17, 15) is 0 Å². The fourth-order valence-corrected chi connectivity index (χ4v) is 2.72. The Morgan fingerprint density at radius 1 is 1.37 bits per heavy atom. The lowest BCUT2D eigenvalue weighted by Gasteiger charge is -2.44. The first-order valence-electron chi connectivity index (χ1n) is 7.09. The lowest BCUT2D eigenvalue weighted by molar-refractivity contribution is 0.0572. The summed E-state index contributed by atoms with van der Waals surface area (Å²) < 4.78 is 6.22. The summed E-state index contributed by atoms with van der Waals surface area (Å²) in [6, 6.07) is 5.82. The van der Waals surface area contributed by atoms with Gasteiger partial charge in [-0.1, -0.05) is 19.9 Å². The molecule has 0 saturated heterocycles. The minimum atomic E-state index is -0.143. The maximum atomic E-state index is 9.07. The summed E-state index contributed by atoms with van der Waals surface area (Å²) >= 11 is 0. The Labute approximate surface area is 115 Å². The maximum absolute atomic E-state index is 9.07. The molecule has 106 valence electrons. The molecule has 0 amide bonds. The van der Waals surface area contributed by atoms with E-state index in [0.717, 1.165) is 49.5 Å². The molecule has 3 N–H and O–H groups in total. The molecular formula is C15H24N2O2. The Morgan fingerprint density at radius 2 is 2.11 bits per heavy atom. The number of nitrogens with zero attached hydrogens (tertiary/aromatic N) is 1. The van der Waals surface area contributed by atoms with Crippen LogP contribution in [0.5, 0.6) is 5.75 Å². The largest absolute Gasteiger partial charge is 0.483 e. The molecule has 0 radical (unpaired) electrons. The molecule has 0 saturated carbocycles. The first kappa shape index (κ1) is 14.0.